The zero-order valence-corrected chi connectivity index (χ0v) is 16.0. The third kappa shape index (κ3) is 5.58. The van der Waals surface area contributed by atoms with Crippen LogP contribution in [0.15, 0.2) is 72.9 Å². The average molecular weight is 375 g/mol. The molecular weight excluding hydrogens is 350 g/mol. The predicted molar refractivity (Wildman–Crippen MR) is 112 cm³/mol. The number of nitrogens with one attached hydrogen (secondary N) is 2. The molecule has 0 unspecified atom stereocenters. The van der Waals surface area contributed by atoms with E-state index in [0.717, 1.165) is 24.2 Å². The molecule has 28 heavy (non-hydrogen) atoms. The van der Waals surface area contributed by atoms with Crippen molar-refractivity contribution in [1.29, 1.82) is 0 Å². The van der Waals surface area contributed by atoms with E-state index in [-0.39, 0.29) is 5.91 Å². The lowest BCUT2D eigenvalue weighted by molar-refractivity contribution is 0.0954. The number of carbonyl (C=O) groups excluding carboxylic acids is 1. The van der Waals surface area contributed by atoms with Gasteiger partial charge in [0, 0.05) is 24.8 Å². The highest BCUT2D eigenvalue weighted by atomic mass is 16.5. The molecule has 1 heterocycles. The zero-order valence-electron chi connectivity index (χ0n) is 16.0. The maximum Gasteiger partial charge on any atom is 0.251 e. The summed E-state index contributed by atoms with van der Waals surface area (Å²) in [6.07, 6.45) is 3.26. The quantitative estimate of drug-likeness (QED) is 0.598. The number of amides is 1. The van der Waals surface area contributed by atoms with Gasteiger partial charge in [0.05, 0.1) is 7.11 Å². The largest absolute Gasteiger partial charge is 0.496 e. The molecule has 0 saturated carbocycles. The van der Waals surface area contributed by atoms with Crippen molar-refractivity contribution in [3.8, 4) is 5.75 Å². The van der Waals surface area contributed by atoms with Gasteiger partial charge in [0.1, 0.15) is 11.6 Å². The van der Waals surface area contributed by atoms with Gasteiger partial charge in [0.2, 0.25) is 0 Å². The van der Waals surface area contributed by atoms with Gasteiger partial charge >= 0.3 is 0 Å². The lowest BCUT2D eigenvalue weighted by Crippen LogP contribution is -2.25. The number of nitrogens with zero attached hydrogens (tertiary/aromatic N) is 1. The second-order valence-electron chi connectivity index (χ2n) is 6.41. The first-order valence-corrected chi connectivity index (χ1v) is 9.40. The maximum atomic E-state index is 12.4. The summed E-state index contributed by atoms with van der Waals surface area (Å²) < 4.78 is 5.37. The molecule has 0 radical (unpaired) electrons. The second kappa shape index (κ2) is 10.1. The molecule has 3 aromatic rings. The second-order valence-corrected chi connectivity index (χ2v) is 6.41. The van der Waals surface area contributed by atoms with Crippen LogP contribution >= 0.6 is 0 Å². The average Bonchev–Trinajstić information content (AvgIpc) is 2.75. The Morgan fingerprint density at radius 2 is 1.75 bits per heavy atom. The first-order chi connectivity index (χ1) is 13.8. The number of carbonyl (C=O) groups is 1. The van der Waals surface area contributed by atoms with Crippen LogP contribution in [0.25, 0.3) is 0 Å². The highest BCUT2D eigenvalue weighted by molar-refractivity contribution is 5.94. The van der Waals surface area contributed by atoms with Crippen LogP contribution < -0.4 is 15.4 Å². The molecule has 1 amide bonds. The van der Waals surface area contributed by atoms with Crippen LogP contribution in [-0.2, 0) is 12.8 Å². The van der Waals surface area contributed by atoms with Crippen LogP contribution in [0.5, 0.6) is 5.75 Å². The molecule has 0 aliphatic heterocycles. The third-order valence-electron chi connectivity index (χ3n) is 4.46. The number of para-hydroxylation sites is 1. The maximum absolute atomic E-state index is 12.4. The van der Waals surface area contributed by atoms with Crippen molar-refractivity contribution in [2.24, 2.45) is 0 Å². The third-order valence-corrected chi connectivity index (χ3v) is 4.46. The van der Waals surface area contributed by atoms with Crippen LogP contribution in [0.4, 0.5) is 5.82 Å². The fourth-order valence-electron chi connectivity index (χ4n) is 2.97. The Hall–Kier alpha value is -3.34. The predicted octanol–water partition coefficient (Wildman–Crippen LogP) is 3.72. The minimum Gasteiger partial charge on any atom is -0.496 e. The minimum atomic E-state index is -0.0916. The monoisotopic (exact) mass is 375 g/mol. The van der Waals surface area contributed by atoms with Crippen molar-refractivity contribution in [2.45, 2.75) is 12.8 Å². The van der Waals surface area contributed by atoms with Gasteiger partial charge in [0.25, 0.3) is 5.91 Å². The van der Waals surface area contributed by atoms with E-state index in [2.05, 4.69) is 27.8 Å². The van der Waals surface area contributed by atoms with Gasteiger partial charge < -0.3 is 15.4 Å². The van der Waals surface area contributed by atoms with Gasteiger partial charge in [-0.1, -0.05) is 48.5 Å². The summed E-state index contributed by atoms with van der Waals surface area (Å²) in [4.78, 5) is 16.7. The first kappa shape index (κ1) is 19.4. The first-order valence-electron chi connectivity index (χ1n) is 9.40. The van der Waals surface area contributed by atoms with Crippen molar-refractivity contribution in [3.63, 3.8) is 0 Å². The van der Waals surface area contributed by atoms with E-state index >= 15 is 0 Å². The van der Waals surface area contributed by atoms with E-state index in [1.807, 2.05) is 42.5 Å². The summed E-state index contributed by atoms with van der Waals surface area (Å²) in [6, 6.07) is 21.6. The summed E-state index contributed by atoms with van der Waals surface area (Å²) in [5, 5.41) is 6.24. The highest BCUT2D eigenvalue weighted by Gasteiger charge is 2.07. The van der Waals surface area contributed by atoms with Gasteiger partial charge in [-0.3, -0.25) is 4.79 Å². The lowest BCUT2D eigenvalue weighted by atomic mass is 10.1. The van der Waals surface area contributed by atoms with E-state index in [4.69, 9.17) is 4.74 Å². The standard InChI is InChI=1S/C23H25N3O2/c1-28-21-10-6-5-9-19(21)12-15-24-22-17-20(13-16-25-22)23(27)26-14-11-18-7-3-2-4-8-18/h2-10,13,16-17H,11-12,14-15H2,1H3,(H,24,25)(H,26,27). The number of aromatic nitrogens is 1. The topological polar surface area (TPSA) is 63.2 Å². The Morgan fingerprint density at radius 1 is 0.964 bits per heavy atom. The van der Waals surface area contributed by atoms with Crippen molar-refractivity contribution >= 4 is 11.7 Å². The zero-order chi connectivity index (χ0) is 19.6. The number of benzene rings is 2. The fraction of sp³-hybridized carbons (Fsp3) is 0.217. The molecule has 1 aromatic heterocycles. The Balaban J connectivity index is 1.49. The van der Waals surface area contributed by atoms with Crippen LogP contribution in [0.2, 0.25) is 0 Å². The minimum absolute atomic E-state index is 0.0916. The van der Waals surface area contributed by atoms with E-state index in [1.54, 1.807) is 25.4 Å². The van der Waals surface area contributed by atoms with Crippen LogP contribution in [0.1, 0.15) is 21.5 Å². The number of hydrogen-bond donors (Lipinski definition) is 2. The van der Waals surface area contributed by atoms with Crippen molar-refractivity contribution in [1.82, 2.24) is 10.3 Å². The summed E-state index contributed by atoms with van der Waals surface area (Å²) in [7, 11) is 1.67. The normalized spacial score (nSPS) is 10.3. The molecule has 0 fully saturated rings. The van der Waals surface area contributed by atoms with Gasteiger partial charge in [-0.05, 0) is 42.2 Å². The lowest BCUT2D eigenvalue weighted by Gasteiger charge is -2.10. The van der Waals surface area contributed by atoms with Crippen molar-refractivity contribution in [2.75, 3.05) is 25.5 Å². The molecule has 0 aliphatic rings. The van der Waals surface area contributed by atoms with Crippen molar-refractivity contribution < 1.29 is 9.53 Å². The number of hydrogen-bond acceptors (Lipinski definition) is 4. The molecule has 2 aromatic carbocycles. The fourth-order valence-corrected chi connectivity index (χ4v) is 2.97. The molecular formula is C23H25N3O2. The van der Waals surface area contributed by atoms with E-state index < -0.39 is 0 Å². The highest BCUT2D eigenvalue weighted by Crippen LogP contribution is 2.18. The van der Waals surface area contributed by atoms with Gasteiger partial charge in [-0.15, -0.1) is 0 Å². The Kier molecular flexibility index (Phi) is 7.01. The van der Waals surface area contributed by atoms with Crippen LogP contribution in [-0.4, -0.2) is 31.1 Å². The number of anilines is 1. The summed E-state index contributed by atoms with van der Waals surface area (Å²) >= 11 is 0. The molecule has 0 aliphatic carbocycles. The van der Waals surface area contributed by atoms with Crippen molar-refractivity contribution in [3.05, 3.63) is 89.6 Å². The number of rotatable bonds is 9. The van der Waals surface area contributed by atoms with Crippen LogP contribution in [0, 0.1) is 0 Å². The van der Waals surface area contributed by atoms with E-state index in [1.165, 1.54) is 5.56 Å². The van der Waals surface area contributed by atoms with E-state index in [0.29, 0.717) is 24.5 Å². The molecule has 5 nitrogen and oxygen atoms in total. The molecule has 3 rings (SSSR count). The Morgan fingerprint density at radius 3 is 2.57 bits per heavy atom. The molecule has 144 valence electrons. The Labute approximate surface area is 165 Å². The summed E-state index contributed by atoms with van der Waals surface area (Å²) in [6.45, 7) is 1.30. The molecule has 0 spiro atoms. The van der Waals surface area contributed by atoms with Crippen LogP contribution in [0.3, 0.4) is 0 Å². The molecule has 0 bridgehead atoms. The number of ether oxygens (including phenoxy) is 1. The van der Waals surface area contributed by atoms with E-state index in [9.17, 15) is 4.79 Å². The SMILES string of the molecule is COc1ccccc1CCNc1cc(C(=O)NCCc2ccccc2)ccn1. The molecule has 2 N–H and O–H groups in total. The van der Waals surface area contributed by atoms with Gasteiger partial charge in [-0.2, -0.15) is 0 Å². The molecule has 5 heteroatoms. The smallest absolute Gasteiger partial charge is 0.251 e. The number of methoxy groups -OCH3 is 1. The summed E-state index contributed by atoms with van der Waals surface area (Å²) in [5.74, 6) is 1.47. The van der Waals surface area contributed by atoms with Gasteiger partial charge in [-0.25, -0.2) is 4.98 Å². The molecule has 0 saturated heterocycles. The number of pyridine rings is 1. The Bertz CT molecular complexity index is 897. The molecule has 0 atom stereocenters. The van der Waals surface area contributed by atoms with Gasteiger partial charge in [0.15, 0.2) is 0 Å². The summed E-state index contributed by atoms with van der Waals surface area (Å²) in [5.41, 5.74) is 2.94.